The number of hydrogen-bond donors (Lipinski definition) is 8. The van der Waals surface area contributed by atoms with E-state index in [1.807, 2.05) is 13.8 Å². The zero-order valence-electron chi connectivity index (χ0n) is 20.3. The van der Waals surface area contributed by atoms with Crippen molar-refractivity contribution < 1.29 is 34.2 Å². The van der Waals surface area contributed by atoms with Crippen molar-refractivity contribution in [3.05, 3.63) is 29.8 Å². The molecule has 1 aromatic rings. The van der Waals surface area contributed by atoms with E-state index in [-0.39, 0.29) is 43.1 Å². The SMILES string of the molecule is CC(C)CC(NC(=O)C(Cc1ccc(O)cc1)NC(=O)C(N)CCC(N)=O)C(=O)NC(CS)C(=O)O. The van der Waals surface area contributed by atoms with Gasteiger partial charge < -0.3 is 37.6 Å². The van der Waals surface area contributed by atoms with Crippen molar-refractivity contribution in [3.8, 4) is 5.75 Å². The van der Waals surface area contributed by atoms with Gasteiger partial charge in [0.2, 0.25) is 23.6 Å². The number of aliphatic carboxylic acids is 1. The summed E-state index contributed by atoms with van der Waals surface area (Å²) in [5.74, 6) is -4.15. The summed E-state index contributed by atoms with van der Waals surface area (Å²) < 4.78 is 0. The van der Waals surface area contributed by atoms with E-state index in [0.29, 0.717) is 5.56 Å². The van der Waals surface area contributed by atoms with Crippen LogP contribution in [0.25, 0.3) is 0 Å². The van der Waals surface area contributed by atoms with Crippen molar-refractivity contribution in [2.45, 2.75) is 63.7 Å². The van der Waals surface area contributed by atoms with Crippen LogP contribution in [0.5, 0.6) is 5.75 Å². The monoisotopic (exact) mass is 525 g/mol. The molecule has 0 radical (unpaired) electrons. The van der Waals surface area contributed by atoms with E-state index in [0.717, 1.165) is 0 Å². The van der Waals surface area contributed by atoms with Crippen LogP contribution in [0.15, 0.2) is 24.3 Å². The summed E-state index contributed by atoms with van der Waals surface area (Å²) in [7, 11) is 0. The number of nitrogens with one attached hydrogen (secondary N) is 3. The highest BCUT2D eigenvalue weighted by Crippen LogP contribution is 2.13. The van der Waals surface area contributed by atoms with Gasteiger partial charge in [0, 0.05) is 18.6 Å². The maximum absolute atomic E-state index is 13.2. The number of amides is 4. The minimum Gasteiger partial charge on any atom is -0.508 e. The highest BCUT2D eigenvalue weighted by Gasteiger charge is 2.30. The van der Waals surface area contributed by atoms with Crippen molar-refractivity contribution in [2.75, 3.05) is 5.75 Å². The largest absolute Gasteiger partial charge is 0.508 e. The lowest BCUT2D eigenvalue weighted by Gasteiger charge is -2.26. The molecule has 4 unspecified atom stereocenters. The zero-order chi connectivity index (χ0) is 27.4. The van der Waals surface area contributed by atoms with Gasteiger partial charge in [-0.1, -0.05) is 26.0 Å². The third-order valence-corrected chi connectivity index (χ3v) is 5.55. The second-order valence-corrected chi connectivity index (χ2v) is 9.18. The number of rotatable bonds is 15. The molecule has 1 rings (SSSR count). The smallest absolute Gasteiger partial charge is 0.327 e. The number of thiol groups is 1. The highest BCUT2D eigenvalue weighted by molar-refractivity contribution is 7.80. The van der Waals surface area contributed by atoms with E-state index in [1.165, 1.54) is 12.1 Å². The van der Waals surface area contributed by atoms with Gasteiger partial charge in [0.15, 0.2) is 0 Å². The van der Waals surface area contributed by atoms with Crippen LogP contribution in [-0.2, 0) is 30.4 Å². The molecule has 200 valence electrons. The predicted octanol–water partition coefficient (Wildman–Crippen LogP) is -0.958. The Kier molecular flexibility index (Phi) is 12.7. The van der Waals surface area contributed by atoms with E-state index in [1.54, 1.807) is 12.1 Å². The summed E-state index contributed by atoms with van der Waals surface area (Å²) >= 11 is 3.93. The van der Waals surface area contributed by atoms with Crippen molar-refractivity contribution >= 4 is 42.2 Å². The summed E-state index contributed by atoms with van der Waals surface area (Å²) in [5.41, 5.74) is 11.5. The third kappa shape index (κ3) is 11.0. The number of hydrogen-bond acceptors (Lipinski definition) is 8. The number of carboxylic acid groups (broad SMARTS) is 1. The second kappa shape index (κ2) is 14.9. The topological polar surface area (TPSA) is 214 Å². The van der Waals surface area contributed by atoms with Crippen molar-refractivity contribution in [3.63, 3.8) is 0 Å². The van der Waals surface area contributed by atoms with Gasteiger partial charge in [-0.25, -0.2) is 4.79 Å². The molecule has 12 nitrogen and oxygen atoms in total. The first-order valence-corrected chi connectivity index (χ1v) is 12.0. The van der Waals surface area contributed by atoms with Gasteiger partial charge in [-0.05, 0) is 36.5 Å². The first-order valence-electron chi connectivity index (χ1n) is 11.4. The maximum atomic E-state index is 13.2. The van der Waals surface area contributed by atoms with E-state index in [2.05, 4.69) is 28.6 Å². The lowest BCUT2D eigenvalue weighted by Crippen LogP contribution is -2.58. The van der Waals surface area contributed by atoms with Crippen LogP contribution in [0.2, 0.25) is 0 Å². The van der Waals surface area contributed by atoms with Crippen LogP contribution in [0.3, 0.4) is 0 Å². The molecule has 13 heteroatoms. The van der Waals surface area contributed by atoms with Gasteiger partial charge in [0.1, 0.15) is 23.9 Å². The molecule has 0 spiro atoms. The second-order valence-electron chi connectivity index (χ2n) is 8.82. The molecule has 36 heavy (non-hydrogen) atoms. The van der Waals surface area contributed by atoms with E-state index in [4.69, 9.17) is 11.5 Å². The van der Waals surface area contributed by atoms with Crippen molar-refractivity contribution in [1.29, 1.82) is 0 Å². The number of phenols is 1. The Bertz CT molecular complexity index is 926. The number of carbonyl (C=O) groups excluding carboxylic acids is 4. The Morgan fingerprint density at radius 3 is 1.94 bits per heavy atom. The summed E-state index contributed by atoms with van der Waals surface area (Å²) in [6.07, 6.45) is 0.0720. The number of benzene rings is 1. The first kappa shape index (κ1) is 30.7. The standard InChI is InChI=1S/C23H35N5O7S/c1-12(2)9-16(21(32)28-18(11-36)23(34)35)27-22(33)17(10-13-3-5-14(29)6-4-13)26-20(31)15(24)7-8-19(25)30/h3-6,12,15-18,29,36H,7-11,24H2,1-2H3,(H2,25,30)(H,26,31)(H,27,33)(H,28,32)(H,34,35). The molecule has 1 aromatic carbocycles. The molecular formula is C23H35N5O7S. The highest BCUT2D eigenvalue weighted by atomic mass is 32.1. The molecule has 0 aliphatic rings. The van der Waals surface area contributed by atoms with Crippen LogP contribution >= 0.6 is 12.6 Å². The molecular weight excluding hydrogens is 490 g/mol. The molecule has 4 atom stereocenters. The lowest BCUT2D eigenvalue weighted by molar-refractivity contribution is -0.141. The molecule has 0 bridgehead atoms. The number of carbonyl (C=O) groups is 5. The maximum Gasteiger partial charge on any atom is 0.327 e. The van der Waals surface area contributed by atoms with Crippen LogP contribution < -0.4 is 27.4 Å². The quantitative estimate of drug-likeness (QED) is 0.133. The molecule has 0 heterocycles. The third-order valence-electron chi connectivity index (χ3n) is 5.18. The fourth-order valence-corrected chi connectivity index (χ4v) is 3.47. The Morgan fingerprint density at radius 1 is 0.917 bits per heavy atom. The van der Waals surface area contributed by atoms with Crippen molar-refractivity contribution in [1.82, 2.24) is 16.0 Å². The number of carboxylic acids is 1. The molecule has 0 saturated carbocycles. The van der Waals surface area contributed by atoms with E-state index < -0.39 is 53.8 Å². The Morgan fingerprint density at radius 2 is 1.44 bits per heavy atom. The Hall–Kier alpha value is -3.32. The molecule has 0 aromatic heterocycles. The molecule has 4 amide bonds. The van der Waals surface area contributed by atoms with Crippen molar-refractivity contribution in [2.24, 2.45) is 17.4 Å². The average Bonchev–Trinajstić information content (AvgIpc) is 2.80. The lowest BCUT2D eigenvalue weighted by atomic mass is 10.0. The fraction of sp³-hybridized carbons (Fsp3) is 0.522. The predicted molar refractivity (Wildman–Crippen MR) is 135 cm³/mol. The first-order chi connectivity index (χ1) is 16.8. The average molecular weight is 526 g/mol. The van der Waals surface area contributed by atoms with E-state index >= 15 is 0 Å². The summed E-state index contributed by atoms with van der Waals surface area (Å²) in [6, 6.07) is 1.38. The van der Waals surface area contributed by atoms with Gasteiger partial charge in [-0.15, -0.1) is 0 Å². The Labute approximate surface area is 215 Å². The molecule has 0 saturated heterocycles. The summed E-state index contributed by atoms with van der Waals surface area (Å²) in [5, 5.41) is 26.2. The molecule has 9 N–H and O–H groups in total. The number of primary amides is 1. The summed E-state index contributed by atoms with van der Waals surface area (Å²) in [6.45, 7) is 3.65. The Balaban J connectivity index is 3.10. The minimum absolute atomic E-state index is 0.00476. The normalized spacial score (nSPS) is 14.2. The minimum atomic E-state index is -1.27. The van der Waals surface area contributed by atoms with E-state index in [9.17, 15) is 34.2 Å². The van der Waals surface area contributed by atoms with Crippen LogP contribution in [0, 0.1) is 5.92 Å². The zero-order valence-corrected chi connectivity index (χ0v) is 21.2. The number of phenolic OH excluding ortho intramolecular Hbond substituents is 1. The van der Waals surface area contributed by atoms with Crippen LogP contribution in [-0.4, -0.2) is 69.7 Å². The van der Waals surface area contributed by atoms with Gasteiger partial charge in [0.05, 0.1) is 6.04 Å². The molecule has 0 aliphatic carbocycles. The summed E-state index contributed by atoms with van der Waals surface area (Å²) in [4.78, 5) is 60.9. The number of aromatic hydroxyl groups is 1. The van der Waals surface area contributed by atoms with Gasteiger partial charge in [-0.2, -0.15) is 12.6 Å². The van der Waals surface area contributed by atoms with Gasteiger partial charge in [0.25, 0.3) is 0 Å². The van der Waals surface area contributed by atoms with Crippen LogP contribution in [0.1, 0.15) is 38.7 Å². The van der Waals surface area contributed by atoms with Crippen LogP contribution in [0.4, 0.5) is 0 Å². The van der Waals surface area contributed by atoms with Gasteiger partial charge in [-0.3, -0.25) is 19.2 Å². The number of nitrogens with two attached hydrogens (primary N) is 2. The molecule has 0 aliphatic heterocycles. The fourth-order valence-electron chi connectivity index (χ4n) is 3.22. The molecule has 0 fully saturated rings. The van der Waals surface area contributed by atoms with Gasteiger partial charge >= 0.3 is 5.97 Å².